The Balaban J connectivity index is 1.77. The molecule has 0 aliphatic carbocycles. The quantitative estimate of drug-likeness (QED) is 0.908. The highest BCUT2D eigenvalue weighted by atomic mass is 16.6. The van der Waals surface area contributed by atoms with Crippen LogP contribution in [0.3, 0.4) is 0 Å². The molecule has 1 aliphatic rings. The Morgan fingerprint density at radius 2 is 2.09 bits per heavy atom. The van der Waals surface area contributed by atoms with Crippen LogP contribution >= 0.6 is 0 Å². The van der Waals surface area contributed by atoms with Crippen LogP contribution in [-0.4, -0.2) is 24.1 Å². The molecule has 1 aromatic heterocycles. The fourth-order valence-corrected chi connectivity index (χ4v) is 2.53. The van der Waals surface area contributed by atoms with Crippen molar-refractivity contribution >= 4 is 5.91 Å². The van der Waals surface area contributed by atoms with E-state index in [1.807, 2.05) is 31.2 Å². The standard InChI is InChI=1S/C17H17N3O3/c1-2-13(20-17(21)14-5-4-12(10-18)19-14)11-3-6-15-16(9-11)23-8-7-22-15/h3-6,9,13,19H,2,7-8H2,1H3,(H,20,21)/t13-/m1/s1. The number of hydrogen-bond acceptors (Lipinski definition) is 4. The molecule has 23 heavy (non-hydrogen) atoms. The highest BCUT2D eigenvalue weighted by Crippen LogP contribution is 2.33. The van der Waals surface area contributed by atoms with E-state index in [1.54, 1.807) is 12.1 Å². The lowest BCUT2D eigenvalue weighted by atomic mass is 10.0. The molecule has 0 fully saturated rings. The van der Waals surface area contributed by atoms with Crippen LogP contribution in [0.15, 0.2) is 30.3 Å². The van der Waals surface area contributed by atoms with Gasteiger partial charge in [0.25, 0.3) is 5.91 Å². The molecular formula is C17H17N3O3. The first-order chi connectivity index (χ1) is 11.2. The first-order valence-electron chi connectivity index (χ1n) is 7.50. The van der Waals surface area contributed by atoms with E-state index in [0.717, 1.165) is 17.7 Å². The number of rotatable bonds is 4. The average molecular weight is 311 g/mol. The number of fused-ring (bicyclic) bond motifs is 1. The molecule has 1 aliphatic heterocycles. The van der Waals surface area contributed by atoms with E-state index < -0.39 is 0 Å². The molecule has 2 heterocycles. The van der Waals surface area contributed by atoms with Gasteiger partial charge in [-0.15, -0.1) is 0 Å². The second-order valence-corrected chi connectivity index (χ2v) is 5.23. The zero-order valence-electron chi connectivity index (χ0n) is 12.8. The highest BCUT2D eigenvalue weighted by Gasteiger charge is 2.18. The van der Waals surface area contributed by atoms with Crippen molar-refractivity contribution in [2.24, 2.45) is 0 Å². The lowest BCUT2D eigenvalue weighted by molar-refractivity contribution is 0.0931. The third-order valence-electron chi connectivity index (χ3n) is 3.73. The van der Waals surface area contributed by atoms with E-state index in [2.05, 4.69) is 10.3 Å². The summed E-state index contributed by atoms with van der Waals surface area (Å²) in [7, 11) is 0. The van der Waals surface area contributed by atoms with Gasteiger partial charge in [-0.1, -0.05) is 13.0 Å². The van der Waals surface area contributed by atoms with Crippen LogP contribution in [0.2, 0.25) is 0 Å². The Bertz CT molecular complexity index is 761. The van der Waals surface area contributed by atoms with E-state index in [1.165, 1.54) is 0 Å². The Kier molecular flexibility index (Phi) is 4.20. The number of aromatic amines is 1. The van der Waals surface area contributed by atoms with E-state index in [-0.39, 0.29) is 11.9 Å². The van der Waals surface area contributed by atoms with E-state index in [0.29, 0.717) is 30.4 Å². The number of benzene rings is 1. The van der Waals surface area contributed by atoms with Gasteiger partial charge in [-0.05, 0) is 36.2 Å². The summed E-state index contributed by atoms with van der Waals surface area (Å²) < 4.78 is 11.1. The summed E-state index contributed by atoms with van der Waals surface area (Å²) in [6.07, 6.45) is 0.733. The number of nitrogens with zero attached hydrogens (tertiary/aromatic N) is 1. The van der Waals surface area contributed by atoms with Gasteiger partial charge in [-0.3, -0.25) is 4.79 Å². The van der Waals surface area contributed by atoms with Gasteiger partial charge in [0.15, 0.2) is 11.5 Å². The second-order valence-electron chi connectivity index (χ2n) is 5.23. The summed E-state index contributed by atoms with van der Waals surface area (Å²) in [6, 6.07) is 10.7. The Labute approximate surface area is 134 Å². The third-order valence-corrected chi connectivity index (χ3v) is 3.73. The van der Waals surface area contributed by atoms with Crippen LogP contribution in [0.1, 0.15) is 41.1 Å². The zero-order valence-corrected chi connectivity index (χ0v) is 12.8. The van der Waals surface area contributed by atoms with Crippen molar-refractivity contribution in [2.75, 3.05) is 13.2 Å². The largest absolute Gasteiger partial charge is 0.486 e. The molecule has 1 amide bonds. The van der Waals surface area contributed by atoms with Gasteiger partial charge in [0.1, 0.15) is 30.7 Å². The van der Waals surface area contributed by atoms with Gasteiger partial charge in [0.05, 0.1) is 6.04 Å². The summed E-state index contributed by atoms with van der Waals surface area (Å²) in [4.78, 5) is 15.1. The molecule has 6 nitrogen and oxygen atoms in total. The van der Waals surface area contributed by atoms with Crippen LogP contribution in [0.5, 0.6) is 11.5 Å². The predicted molar refractivity (Wildman–Crippen MR) is 83.4 cm³/mol. The SMILES string of the molecule is CC[C@@H](NC(=O)c1ccc(C#N)[nH]1)c1ccc2c(c1)OCCO2. The number of aromatic nitrogens is 1. The monoisotopic (exact) mass is 311 g/mol. The predicted octanol–water partition coefficient (Wildman–Crippen LogP) is 2.54. The van der Waals surface area contributed by atoms with Crippen LogP contribution in [0.25, 0.3) is 0 Å². The number of hydrogen-bond donors (Lipinski definition) is 2. The number of nitrogens with one attached hydrogen (secondary N) is 2. The van der Waals surface area contributed by atoms with Gasteiger partial charge >= 0.3 is 0 Å². The van der Waals surface area contributed by atoms with Gasteiger partial charge in [0.2, 0.25) is 0 Å². The second kappa shape index (κ2) is 6.44. The normalized spacial score (nSPS) is 13.9. The molecule has 118 valence electrons. The summed E-state index contributed by atoms with van der Waals surface area (Å²) in [6.45, 7) is 3.07. The zero-order chi connectivity index (χ0) is 16.2. The molecule has 0 radical (unpaired) electrons. The molecule has 0 unspecified atom stereocenters. The van der Waals surface area contributed by atoms with Crippen molar-refractivity contribution in [3.8, 4) is 17.6 Å². The minimum absolute atomic E-state index is 0.146. The summed E-state index contributed by atoms with van der Waals surface area (Å²) in [5.41, 5.74) is 1.69. The number of carbonyl (C=O) groups is 1. The first kappa shape index (κ1) is 15.0. The topological polar surface area (TPSA) is 87.1 Å². The van der Waals surface area contributed by atoms with Crippen molar-refractivity contribution < 1.29 is 14.3 Å². The minimum atomic E-state index is -0.242. The summed E-state index contributed by atoms with van der Waals surface area (Å²) in [5, 5.41) is 11.8. The van der Waals surface area contributed by atoms with E-state index in [9.17, 15) is 4.79 Å². The molecule has 2 N–H and O–H groups in total. The Hall–Kier alpha value is -2.94. The van der Waals surface area contributed by atoms with Crippen molar-refractivity contribution in [3.63, 3.8) is 0 Å². The maximum atomic E-state index is 12.3. The third kappa shape index (κ3) is 3.14. The fourth-order valence-electron chi connectivity index (χ4n) is 2.53. The molecule has 0 spiro atoms. The molecule has 2 aromatic rings. The van der Waals surface area contributed by atoms with Crippen molar-refractivity contribution in [1.82, 2.24) is 10.3 Å². The number of carbonyl (C=O) groups excluding carboxylic acids is 1. The lowest BCUT2D eigenvalue weighted by Gasteiger charge is -2.22. The van der Waals surface area contributed by atoms with Crippen LogP contribution in [0, 0.1) is 11.3 Å². The molecule has 1 atom stereocenters. The van der Waals surface area contributed by atoms with E-state index >= 15 is 0 Å². The van der Waals surface area contributed by atoms with E-state index in [4.69, 9.17) is 14.7 Å². The lowest BCUT2D eigenvalue weighted by Crippen LogP contribution is -2.28. The molecule has 1 aromatic carbocycles. The number of H-pyrrole nitrogens is 1. The number of ether oxygens (including phenoxy) is 2. The summed E-state index contributed by atoms with van der Waals surface area (Å²) >= 11 is 0. The van der Waals surface area contributed by atoms with Gasteiger partial charge < -0.3 is 19.8 Å². The molecule has 6 heteroatoms. The molecule has 0 bridgehead atoms. The molecule has 3 rings (SSSR count). The van der Waals surface area contributed by atoms with Crippen LogP contribution < -0.4 is 14.8 Å². The maximum Gasteiger partial charge on any atom is 0.268 e. The smallest absolute Gasteiger partial charge is 0.268 e. The minimum Gasteiger partial charge on any atom is -0.486 e. The van der Waals surface area contributed by atoms with Crippen molar-refractivity contribution in [2.45, 2.75) is 19.4 Å². The number of nitriles is 1. The van der Waals surface area contributed by atoms with Gasteiger partial charge in [0, 0.05) is 0 Å². The molecular weight excluding hydrogens is 294 g/mol. The Morgan fingerprint density at radius 3 is 2.78 bits per heavy atom. The average Bonchev–Trinajstić information content (AvgIpc) is 3.08. The van der Waals surface area contributed by atoms with Gasteiger partial charge in [-0.2, -0.15) is 5.26 Å². The first-order valence-corrected chi connectivity index (χ1v) is 7.50. The maximum absolute atomic E-state index is 12.3. The van der Waals surface area contributed by atoms with Crippen molar-refractivity contribution in [1.29, 1.82) is 5.26 Å². The van der Waals surface area contributed by atoms with Crippen LogP contribution in [0.4, 0.5) is 0 Å². The van der Waals surface area contributed by atoms with Gasteiger partial charge in [-0.25, -0.2) is 0 Å². The molecule has 0 saturated carbocycles. The van der Waals surface area contributed by atoms with Crippen molar-refractivity contribution in [3.05, 3.63) is 47.3 Å². The fraction of sp³-hybridized carbons (Fsp3) is 0.294. The highest BCUT2D eigenvalue weighted by molar-refractivity contribution is 5.92. The molecule has 0 saturated heterocycles. The van der Waals surface area contributed by atoms with Crippen LogP contribution in [-0.2, 0) is 0 Å². The number of amides is 1. The Morgan fingerprint density at radius 1 is 1.30 bits per heavy atom. The summed E-state index contributed by atoms with van der Waals surface area (Å²) in [5.74, 6) is 1.19.